The van der Waals surface area contributed by atoms with Crippen LogP contribution in [0, 0.1) is 12.7 Å². The van der Waals surface area contributed by atoms with E-state index in [2.05, 4.69) is 10.1 Å². The van der Waals surface area contributed by atoms with Crippen LogP contribution in [-0.2, 0) is 11.3 Å². The van der Waals surface area contributed by atoms with Gasteiger partial charge in [-0.1, -0.05) is 11.6 Å². The Labute approximate surface area is 161 Å². The Morgan fingerprint density at radius 1 is 1.26 bits per heavy atom. The Bertz CT molecular complexity index is 997. The Kier molecular flexibility index (Phi) is 4.70. The molecular formula is C19H19ClFN5O. The van der Waals surface area contributed by atoms with Crippen LogP contribution < -0.4 is 4.90 Å². The van der Waals surface area contributed by atoms with Gasteiger partial charge in [0.2, 0.25) is 5.91 Å². The quantitative estimate of drug-likeness (QED) is 0.693. The summed E-state index contributed by atoms with van der Waals surface area (Å²) in [5, 5.41) is 5.58. The number of piperazine rings is 1. The van der Waals surface area contributed by atoms with Gasteiger partial charge in [0.1, 0.15) is 12.4 Å². The minimum atomic E-state index is -0.334. The van der Waals surface area contributed by atoms with Crippen molar-refractivity contribution in [2.45, 2.75) is 13.5 Å². The molecule has 0 radical (unpaired) electrons. The lowest BCUT2D eigenvalue weighted by Gasteiger charge is -2.36. The van der Waals surface area contributed by atoms with Crippen LogP contribution in [0.2, 0.25) is 5.02 Å². The molecule has 0 N–H and O–H groups in total. The molecular weight excluding hydrogens is 369 g/mol. The number of amides is 1. The highest BCUT2D eigenvalue weighted by Crippen LogP contribution is 2.27. The lowest BCUT2D eigenvalue weighted by atomic mass is 10.1. The monoisotopic (exact) mass is 387 g/mol. The van der Waals surface area contributed by atoms with E-state index in [0.29, 0.717) is 42.5 Å². The summed E-state index contributed by atoms with van der Waals surface area (Å²) < 4.78 is 15.9. The maximum Gasteiger partial charge on any atom is 0.244 e. The third-order valence-corrected chi connectivity index (χ3v) is 5.29. The Balaban J connectivity index is 1.42. The van der Waals surface area contributed by atoms with Crippen LogP contribution in [0.5, 0.6) is 0 Å². The number of pyridine rings is 1. The maximum absolute atomic E-state index is 14.2. The molecule has 0 bridgehead atoms. The molecule has 3 aromatic rings. The second kappa shape index (κ2) is 7.15. The van der Waals surface area contributed by atoms with Crippen molar-refractivity contribution >= 4 is 34.2 Å². The summed E-state index contributed by atoms with van der Waals surface area (Å²) in [6.45, 7) is 4.21. The molecule has 1 aliphatic rings. The van der Waals surface area contributed by atoms with Gasteiger partial charge in [0.05, 0.1) is 11.9 Å². The number of aryl methyl sites for hydroxylation is 1. The zero-order valence-electron chi connectivity index (χ0n) is 14.9. The van der Waals surface area contributed by atoms with E-state index in [1.807, 2.05) is 24.0 Å². The first-order chi connectivity index (χ1) is 13.0. The van der Waals surface area contributed by atoms with Crippen molar-refractivity contribution < 1.29 is 9.18 Å². The molecule has 1 aromatic carbocycles. The van der Waals surface area contributed by atoms with E-state index in [-0.39, 0.29) is 18.3 Å². The number of halogens is 2. The average Bonchev–Trinajstić information content (AvgIpc) is 3.08. The Morgan fingerprint density at radius 3 is 2.81 bits per heavy atom. The molecule has 0 unspecified atom stereocenters. The molecule has 1 aliphatic heterocycles. The van der Waals surface area contributed by atoms with E-state index in [1.165, 1.54) is 6.07 Å². The third-order valence-electron chi connectivity index (χ3n) is 4.88. The number of carbonyl (C=O) groups is 1. The van der Waals surface area contributed by atoms with Crippen molar-refractivity contribution in [3.63, 3.8) is 0 Å². The summed E-state index contributed by atoms with van der Waals surface area (Å²) in [6.07, 6.45) is 3.39. The molecule has 0 atom stereocenters. The fourth-order valence-corrected chi connectivity index (χ4v) is 3.49. The van der Waals surface area contributed by atoms with E-state index in [4.69, 9.17) is 11.6 Å². The van der Waals surface area contributed by atoms with Crippen molar-refractivity contribution in [3.8, 4) is 0 Å². The van der Waals surface area contributed by atoms with Crippen molar-refractivity contribution in [1.29, 1.82) is 0 Å². The van der Waals surface area contributed by atoms with Gasteiger partial charge in [0.25, 0.3) is 0 Å². The molecule has 0 saturated carbocycles. The fraction of sp³-hybridized carbons (Fsp3) is 0.316. The van der Waals surface area contributed by atoms with Gasteiger partial charge in [-0.25, -0.2) is 14.1 Å². The highest BCUT2D eigenvalue weighted by atomic mass is 35.5. The first-order valence-electron chi connectivity index (χ1n) is 8.78. The molecule has 4 rings (SSSR count). The SMILES string of the molecule is Cc1cc(N2CCN(C(=O)Cn3ncc4cccnc43)CC2)c(F)cc1Cl. The van der Waals surface area contributed by atoms with Gasteiger partial charge in [-0.2, -0.15) is 5.10 Å². The normalized spacial score (nSPS) is 14.8. The summed E-state index contributed by atoms with van der Waals surface area (Å²) >= 11 is 5.97. The Hall–Kier alpha value is -2.67. The van der Waals surface area contributed by atoms with E-state index >= 15 is 0 Å². The summed E-state index contributed by atoms with van der Waals surface area (Å²) in [5.41, 5.74) is 2.07. The molecule has 1 saturated heterocycles. The van der Waals surface area contributed by atoms with Crippen molar-refractivity contribution in [3.05, 3.63) is 53.1 Å². The highest BCUT2D eigenvalue weighted by Gasteiger charge is 2.24. The average molecular weight is 388 g/mol. The first-order valence-corrected chi connectivity index (χ1v) is 9.15. The number of hydrogen-bond acceptors (Lipinski definition) is 4. The number of anilines is 1. The number of carbonyl (C=O) groups excluding carboxylic acids is 1. The number of benzene rings is 1. The number of hydrogen-bond donors (Lipinski definition) is 0. The molecule has 27 heavy (non-hydrogen) atoms. The third kappa shape index (κ3) is 3.47. The summed E-state index contributed by atoms with van der Waals surface area (Å²) in [4.78, 5) is 20.7. The number of aromatic nitrogens is 3. The molecule has 140 valence electrons. The van der Waals surface area contributed by atoms with Crippen LogP contribution in [-0.4, -0.2) is 51.8 Å². The van der Waals surface area contributed by atoms with E-state index < -0.39 is 0 Å². The van der Waals surface area contributed by atoms with Crippen LogP contribution in [0.25, 0.3) is 11.0 Å². The number of rotatable bonds is 3. The minimum Gasteiger partial charge on any atom is -0.366 e. The van der Waals surface area contributed by atoms with Gasteiger partial charge in [-0.15, -0.1) is 0 Å². The molecule has 6 nitrogen and oxygen atoms in total. The molecule has 1 fully saturated rings. The molecule has 2 aromatic heterocycles. The van der Waals surface area contributed by atoms with E-state index in [1.54, 1.807) is 28.0 Å². The largest absolute Gasteiger partial charge is 0.366 e. The minimum absolute atomic E-state index is 0.0157. The van der Waals surface area contributed by atoms with E-state index in [0.717, 1.165) is 10.9 Å². The van der Waals surface area contributed by atoms with Gasteiger partial charge >= 0.3 is 0 Å². The van der Waals surface area contributed by atoms with Crippen molar-refractivity contribution in [2.24, 2.45) is 0 Å². The topological polar surface area (TPSA) is 54.3 Å². The summed E-state index contributed by atoms with van der Waals surface area (Å²) in [5.74, 6) is -0.350. The molecule has 1 amide bonds. The molecule has 3 heterocycles. The van der Waals surface area contributed by atoms with E-state index in [9.17, 15) is 9.18 Å². The Morgan fingerprint density at radius 2 is 2.04 bits per heavy atom. The summed E-state index contributed by atoms with van der Waals surface area (Å²) in [6, 6.07) is 6.86. The van der Waals surface area contributed by atoms with Gasteiger partial charge < -0.3 is 9.80 Å². The molecule has 0 spiro atoms. The lowest BCUT2D eigenvalue weighted by molar-refractivity contribution is -0.132. The predicted octanol–water partition coefficient (Wildman–Crippen LogP) is 2.88. The smallest absolute Gasteiger partial charge is 0.244 e. The summed E-state index contributed by atoms with van der Waals surface area (Å²) in [7, 11) is 0. The zero-order chi connectivity index (χ0) is 19.0. The molecule has 0 aliphatic carbocycles. The van der Waals surface area contributed by atoms with Crippen molar-refractivity contribution in [1.82, 2.24) is 19.7 Å². The van der Waals surface area contributed by atoms with Gasteiger partial charge in [-0.05, 0) is 36.8 Å². The van der Waals surface area contributed by atoms with Gasteiger partial charge in [-0.3, -0.25) is 4.79 Å². The van der Waals surface area contributed by atoms with Gasteiger partial charge in [0, 0.05) is 42.8 Å². The van der Waals surface area contributed by atoms with Crippen LogP contribution >= 0.6 is 11.6 Å². The maximum atomic E-state index is 14.2. The fourth-order valence-electron chi connectivity index (χ4n) is 3.34. The molecule has 8 heteroatoms. The van der Waals surface area contributed by atoms with Crippen LogP contribution in [0.1, 0.15) is 5.56 Å². The second-order valence-electron chi connectivity index (χ2n) is 6.64. The van der Waals surface area contributed by atoms with Crippen LogP contribution in [0.15, 0.2) is 36.7 Å². The van der Waals surface area contributed by atoms with Crippen LogP contribution in [0.3, 0.4) is 0 Å². The number of nitrogens with zero attached hydrogens (tertiary/aromatic N) is 5. The second-order valence-corrected chi connectivity index (χ2v) is 7.05. The first kappa shape index (κ1) is 17.7. The number of fused-ring (bicyclic) bond motifs is 1. The van der Waals surface area contributed by atoms with Crippen molar-refractivity contribution in [2.75, 3.05) is 31.1 Å². The lowest BCUT2D eigenvalue weighted by Crippen LogP contribution is -2.50. The zero-order valence-corrected chi connectivity index (χ0v) is 15.7. The standard InChI is InChI=1S/C19H19ClFN5O/c1-13-9-17(16(21)10-15(13)20)24-5-7-25(8-6-24)18(27)12-26-19-14(11-23-26)3-2-4-22-19/h2-4,9-11H,5-8,12H2,1H3. The van der Waals surface area contributed by atoms with Gasteiger partial charge in [0.15, 0.2) is 5.65 Å². The predicted molar refractivity (Wildman–Crippen MR) is 102 cm³/mol. The van der Waals surface area contributed by atoms with Crippen LogP contribution in [0.4, 0.5) is 10.1 Å². The highest BCUT2D eigenvalue weighted by molar-refractivity contribution is 6.31.